The number of amides is 2. The lowest BCUT2D eigenvalue weighted by atomic mass is 10.0. The molecule has 36 heavy (non-hydrogen) atoms. The molecule has 1 aliphatic heterocycles. The number of alkyl halides is 1. The number of likely N-dealkylation sites (tertiary alicyclic amines) is 1. The number of nitrogens with one attached hydrogen (secondary N) is 1. The van der Waals surface area contributed by atoms with Crippen LogP contribution in [0.2, 0.25) is 0 Å². The predicted molar refractivity (Wildman–Crippen MR) is 127 cm³/mol. The Labute approximate surface area is 206 Å². The van der Waals surface area contributed by atoms with Gasteiger partial charge in [0.1, 0.15) is 17.9 Å². The molecule has 9 nitrogen and oxygen atoms in total. The van der Waals surface area contributed by atoms with Gasteiger partial charge in [0.15, 0.2) is 12.1 Å². The van der Waals surface area contributed by atoms with E-state index in [2.05, 4.69) is 21.4 Å². The van der Waals surface area contributed by atoms with Gasteiger partial charge in [0, 0.05) is 43.3 Å². The normalized spacial score (nSPS) is 19.4. The minimum atomic E-state index is -1.44. The smallest absolute Gasteiger partial charge is 0.291 e. The number of hydrogen-bond acceptors (Lipinski definition) is 7. The predicted octanol–water partition coefficient (Wildman–Crippen LogP) is 3.90. The molecule has 2 amide bonds. The van der Waals surface area contributed by atoms with Gasteiger partial charge >= 0.3 is 0 Å². The highest BCUT2D eigenvalue weighted by Gasteiger charge is 2.35. The molecule has 1 aliphatic carbocycles. The Morgan fingerprint density at radius 2 is 2.06 bits per heavy atom. The molecule has 1 aromatic carbocycles. The van der Waals surface area contributed by atoms with E-state index in [-0.39, 0.29) is 48.4 Å². The number of carbonyl (C=O) groups excluding carboxylic acids is 2. The number of hydrogen-bond donors (Lipinski definition) is 1. The number of oxazole rings is 1. The van der Waals surface area contributed by atoms with Crippen LogP contribution in [0.1, 0.15) is 41.3 Å². The first-order valence-corrected chi connectivity index (χ1v) is 11.7. The number of anilines is 1. The van der Waals surface area contributed by atoms with Gasteiger partial charge in [-0.15, -0.1) is 0 Å². The maximum absolute atomic E-state index is 15.0. The van der Waals surface area contributed by atoms with Crippen molar-refractivity contribution in [2.75, 3.05) is 18.4 Å². The van der Waals surface area contributed by atoms with Crippen molar-refractivity contribution in [3.05, 3.63) is 59.9 Å². The van der Waals surface area contributed by atoms with Crippen LogP contribution in [0.25, 0.3) is 11.3 Å². The molecule has 2 aromatic heterocycles. The average molecular weight is 490 g/mol. The summed E-state index contributed by atoms with van der Waals surface area (Å²) in [6.45, 7) is 1.77. The van der Waals surface area contributed by atoms with Crippen LogP contribution in [0.3, 0.4) is 0 Å². The van der Waals surface area contributed by atoms with Crippen molar-refractivity contribution in [3.8, 4) is 23.1 Å². The molecule has 0 unspecified atom stereocenters. The molecule has 0 spiro atoms. The fourth-order valence-electron chi connectivity index (χ4n) is 4.12. The van der Waals surface area contributed by atoms with E-state index in [1.54, 1.807) is 43.5 Å². The van der Waals surface area contributed by atoms with Crippen LogP contribution in [-0.2, 0) is 4.79 Å². The van der Waals surface area contributed by atoms with E-state index in [0.717, 1.165) is 12.8 Å². The Morgan fingerprint density at radius 1 is 1.22 bits per heavy atom. The second-order valence-corrected chi connectivity index (χ2v) is 8.97. The summed E-state index contributed by atoms with van der Waals surface area (Å²) in [6.07, 6.45) is 2.77. The SMILES string of the molecule is Cc1ncc(C(=O)N2CC[C@H](Oc3ccc(-c4cc(NC(=O)C5CC5)ccn4)cc3C#N)[C@H](F)C2)o1. The van der Waals surface area contributed by atoms with E-state index in [4.69, 9.17) is 9.15 Å². The molecule has 0 bridgehead atoms. The Morgan fingerprint density at radius 3 is 2.75 bits per heavy atom. The summed E-state index contributed by atoms with van der Waals surface area (Å²) in [6, 6.07) is 10.6. The summed E-state index contributed by atoms with van der Waals surface area (Å²) in [5.41, 5.74) is 2.13. The summed E-state index contributed by atoms with van der Waals surface area (Å²) in [5.74, 6) is 0.369. The van der Waals surface area contributed by atoms with Crippen molar-refractivity contribution >= 4 is 17.5 Å². The summed E-state index contributed by atoms with van der Waals surface area (Å²) in [4.78, 5) is 34.2. The van der Waals surface area contributed by atoms with Crippen LogP contribution in [-0.4, -0.2) is 52.0 Å². The number of benzene rings is 1. The van der Waals surface area contributed by atoms with E-state index in [1.165, 1.54) is 11.1 Å². The van der Waals surface area contributed by atoms with Gasteiger partial charge < -0.3 is 19.4 Å². The lowest BCUT2D eigenvalue weighted by molar-refractivity contribution is -0.117. The third-order valence-corrected chi connectivity index (χ3v) is 6.25. The third-order valence-electron chi connectivity index (χ3n) is 6.25. The molecule has 2 fully saturated rings. The summed E-state index contributed by atoms with van der Waals surface area (Å²) in [5, 5.41) is 12.6. The molecule has 1 saturated heterocycles. The number of nitrogens with zero attached hydrogens (tertiary/aromatic N) is 4. The molecule has 5 rings (SSSR count). The maximum atomic E-state index is 15.0. The lowest BCUT2D eigenvalue weighted by Gasteiger charge is -2.34. The van der Waals surface area contributed by atoms with E-state index >= 15 is 0 Å². The van der Waals surface area contributed by atoms with Crippen molar-refractivity contribution in [1.82, 2.24) is 14.9 Å². The van der Waals surface area contributed by atoms with E-state index in [0.29, 0.717) is 22.8 Å². The Bertz CT molecular complexity index is 1350. The molecular formula is C26H24FN5O4. The zero-order valence-corrected chi connectivity index (χ0v) is 19.6. The van der Waals surface area contributed by atoms with Gasteiger partial charge in [-0.2, -0.15) is 5.26 Å². The van der Waals surface area contributed by atoms with Crippen molar-refractivity contribution in [1.29, 1.82) is 5.26 Å². The Hall–Kier alpha value is -4.26. The summed E-state index contributed by atoms with van der Waals surface area (Å²) >= 11 is 0. The number of carbonyl (C=O) groups is 2. The van der Waals surface area contributed by atoms with Gasteiger partial charge in [0.2, 0.25) is 11.7 Å². The molecule has 1 N–H and O–H groups in total. The fourth-order valence-corrected chi connectivity index (χ4v) is 4.12. The standard InChI is InChI=1S/C26H24FN5O4/c1-15-30-13-24(35-15)26(34)32-9-7-23(20(27)14-32)36-22-5-4-17(10-18(22)12-28)21-11-19(6-8-29-21)31-25(33)16-2-3-16/h4-6,8,10-11,13,16,20,23H,2-3,7,9,14H2,1H3,(H,29,31,33)/t20-,23+/m1/s1. The van der Waals surface area contributed by atoms with Crippen LogP contribution >= 0.6 is 0 Å². The van der Waals surface area contributed by atoms with Gasteiger partial charge in [-0.25, -0.2) is 9.37 Å². The second-order valence-electron chi connectivity index (χ2n) is 8.97. The lowest BCUT2D eigenvalue weighted by Crippen LogP contribution is -2.49. The highest BCUT2D eigenvalue weighted by atomic mass is 19.1. The van der Waals surface area contributed by atoms with Crippen molar-refractivity contribution in [2.45, 2.75) is 38.5 Å². The first-order chi connectivity index (χ1) is 17.4. The third kappa shape index (κ3) is 5.05. The number of piperidine rings is 1. The molecule has 2 aliphatic rings. The largest absolute Gasteiger partial charge is 0.486 e. The zero-order chi connectivity index (χ0) is 25.2. The number of rotatable bonds is 6. The summed E-state index contributed by atoms with van der Waals surface area (Å²) in [7, 11) is 0. The number of nitriles is 1. The Kier molecular flexibility index (Phi) is 6.38. The molecule has 184 valence electrons. The van der Waals surface area contributed by atoms with Gasteiger partial charge in [0.05, 0.1) is 24.0 Å². The molecule has 3 heterocycles. The van der Waals surface area contributed by atoms with Crippen molar-refractivity contribution in [2.24, 2.45) is 5.92 Å². The second kappa shape index (κ2) is 9.77. The van der Waals surface area contributed by atoms with Crippen LogP contribution < -0.4 is 10.1 Å². The van der Waals surface area contributed by atoms with Crippen molar-refractivity contribution in [3.63, 3.8) is 0 Å². The topological polar surface area (TPSA) is 121 Å². The highest BCUT2D eigenvalue weighted by molar-refractivity contribution is 5.94. The Balaban J connectivity index is 1.26. The van der Waals surface area contributed by atoms with E-state index in [9.17, 15) is 19.2 Å². The molecular weight excluding hydrogens is 465 g/mol. The average Bonchev–Trinajstić information content (AvgIpc) is 3.65. The molecule has 3 aromatic rings. The minimum Gasteiger partial charge on any atom is -0.486 e. The van der Waals surface area contributed by atoms with Gasteiger partial charge in [-0.1, -0.05) is 0 Å². The van der Waals surface area contributed by atoms with Crippen molar-refractivity contribution < 1.29 is 23.1 Å². The van der Waals surface area contributed by atoms with Crippen LogP contribution in [0.15, 0.2) is 47.1 Å². The number of pyridine rings is 1. The maximum Gasteiger partial charge on any atom is 0.291 e. The first-order valence-electron chi connectivity index (χ1n) is 11.7. The molecule has 10 heteroatoms. The highest BCUT2D eigenvalue weighted by Crippen LogP contribution is 2.32. The van der Waals surface area contributed by atoms with E-state index < -0.39 is 18.2 Å². The number of halogens is 1. The fraction of sp³-hybridized carbons (Fsp3) is 0.346. The number of aryl methyl sites for hydroxylation is 1. The van der Waals surface area contributed by atoms with Gasteiger partial charge in [-0.05, 0) is 43.2 Å². The van der Waals surface area contributed by atoms with Gasteiger partial charge in [0.25, 0.3) is 5.91 Å². The summed E-state index contributed by atoms with van der Waals surface area (Å²) < 4.78 is 26.1. The molecule has 1 saturated carbocycles. The van der Waals surface area contributed by atoms with E-state index in [1.807, 2.05) is 0 Å². The van der Waals surface area contributed by atoms with Crippen LogP contribution in [0, 0.1) is 24.2 Å². The number of ether oxygens (including phenoxy) is 1. The number of aromatic nitrogens is 2. The molecule has 2 atom stereocenters. The first kappa shape index (κ1) is 23.5. The minimum absolute atomic E-state index is 0.00178. The monoisotopic (exact) mass is 489 g/mol. The van der Waals surface area contributed by atoms with Gasteiger partial charge in [-0.3, -0.25) is 14.6 Å². The molecule has 0 radical (unpaired) electrons. The van der Waals surface area contributed by atoms with Crippen LogP contribution in [0.5, 0.6) is 5.75 Å². The quantitative estimate of drug-likeness (QED) is 0.557. The van der Waals surface area contributed by atoms with Crippen LogP contribution in [0.4, 0.5) is 10.1 Å². The zero-order valence-electron chi connectivity index (χ0n) is 19.6.